The van der Waals surface area contributed by atoms with Crippen molar-refractivity contribution in [2.24, 2.45) is 0 Å². The molecule has 88 valence electrons. The van der Waals surface area contributed by atoms with Gasteiger partial charge in [0.2, 0.25) is 0 Å². The van der Waals surface area contributed by atoms with Crippen molar-refractivity contribution in [3.8, 4) is 0 Å². The summed E-state index contributed by atoms with van der Waals surface area (Å²) < 4.78 is 3.95. The van der Waals surface area contributed by atoms with Crippen LogP contribution >= 0.6 is 31.9 Å². The number of benzene rings is 1. The second-order valence-electron chi connectivity index (χ2n) is 4.27. The molecule has 1 aliphatic heterocycles. The Morgan fingerprint density at radius 2 is 2.06 bits per heavy atom. The molecule has 17 heavy (non-hydrogen) atoms. The molecule has 0 atom stereocenters. The van der Waals surface area contributed by atoms with Crippen molar-refractivity contribution < 1.29 is 0 Å². The minimum Gasteiger partial charge on any atom is -0.314 e. The molecule has 3 rings (SSSR count). The molecule has 0 amide bonds. The number of hydrogen-bond donors (Lipinski definition) is 1. The molecular weight excluding hydrogens is 346 g/mol. The molecule has 5 heteroatoms. The van der Waals surface area contributed by atoms with Crippen LogP contribution in [0, 0.1) is 5.41 Å². The topological polar surface area (TPSA) is 41.7 Å². The van der Waals surface area contributed by atoms with Gasteiger partial charge in [-0.1, -0.05) is 15.9 Å². The fourth-order valence-electron chi connectivity index (χ4n) is 2.33. The number of nitrogens with zero attached hydrogens (tertiary/aromatic N) is 2. The van der Waals surface area contributed by atoms with Gasteiger partial charge >= 0.3 is 0 Å². The van der Waals surface area contributed by atoms with Crippen LogP contribution in [0.2, 0.25) is 0 Å². The molecule has 1 aromatic carbocycles. The molecule has 1 aliphatic rings. The third kappa shape index (κ3) is 1.85. The first-order valence-electron chi connectivity index (χ1n) is 5.60. The van der Waals surface area contributed by atoms with E-state index in [4.69, 9.17) is 5.41 Å². The maximum absolute atomic E-state index is 8.31. The van der Waals surface area contributed by atoms with Crippen LogP contribution in [0.1, 0.15) is 18.7 Å². The van der Waals surface area contributed by atoms with Crippen LogP contribution < -0.4 is 5.49 Å². The van der Waals surface area contributed by atoms with Gasteiger partial charge in [-0.15, -0.1) is 0 Å². The van der Waals surface area contributed by atoms with Gasteiger partial charge in [-0.05, 0) is 40.9 Å². The predicted octanol–water partition coefficient (Wildman–Crippen LogP) is 3.38. The molecule has 2 heterocycles. The van der Waals surface area contributed by atoms with Gasteiger partial charge in [-0.3, -0.25) is 5.41 Å². The van der Waals surface area contributed by atoms with Crippen LogP contribution in [-0.2, 0) is 13.0 Å². The van der Waals surface area contributed by atoms with Gasteiger partial charge in [0, 0.05) is 21.9 Å². The lowest BCUT2D eigenvalue weighted by atomic mass is 10.1. The first-order chi connectivity index (χ1) is 8.16. The molecule has 3 nitrogen and oxygen atoms in total. The summed E-state index contributed by atoms with van der Waals surface area (Å²) in [4.78, 5) is 4.68. The Bertz CT molecular complexity index is 661. The summed E-state index contributed by atoms with van der Waals surface area (Å²) in [5.41, 5.74) is 1.47. The van der Waals surface area contributed by atoms with Crippen molar-refractivity contribution in [1.29, 1.82) is 5.41 Å². The molecule has 0 spiro atoms. The molecule has 0 unspecified atom stereocenters. The second kappa shape index (κ2) is 4.21. The van der Waals surface area contributed by atoms with Gasteiger partial charge in [-0.25, -0.2) is 4.98 Å². The highest BCUT2D eigenvalue weighted by Gasteiger charge is 2.14. The molecule has 0 saturated carbocycles. The summed E-state index contributed by atoms with van der Waals surface area (Å²) >= 11 is 6.99. The van der Waals surface area contributed by atoms with E-state index in [0.717, 1.165) is 45.1 Å². The number of aryl methyl sites for hydroxylation is 1. The fourth-order valence-corrected chi connectivity index (χ4v) is 3.72. The van der Waals surface area contributed by atoms with E-state index in [1.807, 2.05) is 16.7 Å². The van der Waals surface area contributed by atoms with E-state index in [1.54, 1.807) is 0 Å². The summed E-state index contributed by atoms with van der Waals surface area (Å²) in [5, 5.41) is 9.21. The molecule has 2 aromatic rings. The lowest BCUT2D eigenvalue weighted by Crippen LogP contribution is -2.28. The number of hydrogen-bond acceptors (Lipinski definition) is 2. The summed E-state index contributed by atoms with van der Waals surface area (Å²) in [6.07, 6.45) is 3.30. The van der Waals surface area contributed by atoms with Crippen LogP contribution in [0.5, 0.6) is 0 Å². The van der Waals surface area contributed by atoms with Crippen molar-refractivity contribution in [2.45, 2.75) is 25.8 Å². The van der Waals surface area contributed by atoms with Crippen LogP contribution in [0.4, 0.5) is 0 Å². The summed E-state index contributed by atoms with van der Waals surface area (Å²) in [5.74, 6) is 1.04. The molecule has 1 aromatic heterocycles. The Morgan fingerprint density at radius 3 is 2.88 bits per heavy atom. The Kier molecular flexibility index (Phi) is 2.83. The summed E-state index contributed by atoms with van der Waals surface area (Å²) in [7, 11) is 0. The number of nitrogens with one attached hydrogen (secondary N) is 1. The lowest BCUT2D eigenvalue weighted by molar-refractivity contribution is 0.493. The fraction of sp³-hybridized carbons (Fsp3) is 0.333. The highest BCUT2D eigenvalue weighted by atomic mass is 79.9. The van der Waals surface area contributed by atoms with E-state index in [2.05, 4.69) is 36.8 Å². The van der Waals surface area contributed by atoms with Gasteiger partial charge in [0.05, 0.1) is 10.9 Å². The molecule has 0 bridgehead atoms. The molecule has 1 N–H and O–H groups in total. The third-order valence-corrected chi connectivity index (χ3v) is 4.22. The van der Waals surface area contributed by atoms with E-state index in [0.29, 0.717) is 5.49 Å². The van der Waals surface area contributed by atoms with Crippen molar-refractivity contribution in [2.75, 3.05) is 0 Å². The summed E-state index contributed by atoms with van der Waals surface area (Å²) in [6, 6.07) is 3.95. The van der Waals surface area contributed by atoms with Crippen molar-refractivity contribution in [1.82, 2.24) is 9.55 Å². The van der Waals surface area contributed by atoms with Crippen LogP contribution in [0.3, 0.4) is 0 Å². The quantitative estimate of drug-likeness (QED) is 0.772. The molecular formula is C12H11Br2N3. The number of fused-ring (bicyclic) bond motifs is 2. The maximum Gasteiger partial charge on any atom is 0.136 e. The highest BCUT2D eigenvalue weighted by molar-refractivity contribution is 9.11. The van der Waals surface area contributed by atoms with Gasteiger partial charge in [-0.2, -0.15) is 0 Å². The molecule has 0 radical (unpaired) electrons. The van der Waals surface area contributed by atoms with E-state index in [-0.39, 0.29) is 0 Å². The van der Waals surface area contributed by atoms with E-state index >= 15 is 0 Å². The van der Waals surface area contributed by atoms with Gasteiger partial charge in [0.1, 0.15) is 11.3 Å². The van der Waals surface area contributed by atoms with Crippen LogP contribution in [0.25, 0.3) is 10.9 Å². The highest BCUT2D eigenvalue weighted by Crippen LogP contribution is 2.26. The van der Waals surface area contributed by atoms with Crippen molar-refractivity contribution >= 4 is 42.8 Å². The Labute approximate surface area is 116 Å². The zero-order chi connectivity index (χ0) is 12.0. The van der Waals surface area contributed by atoms with Crippen molar-refractivity contribution in [3.05, 3.63) is 32.4 Å². The van der Waals surface area contributed by atoms with Crippen molar-refractivity contribution in [3.63, 3.8) is 0 Å². The normalized spacial score (nSPS) is 14.9. The first kappa shape index (κ1) is 11.4. The van der Waals surface area contributed by atoms with E-state index < -0.39 is 0 Å². The van der Waals surface area contributed by atoms with E-state index in [9.17, 15) is 0 Å². The van der Waals surface area contributed by atoms with Crippen LogP contribution in [0.15, 0.2) is 21.1 Å². The third-order valence-electron chi connectivity index (χ3n) is 3.13. The monoisotopic (exact) mass is 355 g/mol. The Balaban J connectivity index is 2.44. The molecule has 0 saturated heterocycles. The summed E-state index contributed by atoms with van der Waals surface area (Å²) in [6.45, 7) is 0.916. The minimum absolute atomic E-state index is 0.573. The predicted molar refractivity (Wildman–Crippen MR) is 73.9 cm³/mol. The number of rotatable bonds is 0. The average Bonchev–Trinajstić information content (AvgIpc) is 2.28. The standard InChI is InChI=1S/C12H11Br2N3/c13-7-5-8(14)11-9(6-7)16-10-3-1-2-4-17(10)12(11)15/h5-6,15H,1-4H2. The minimum atomic E-state index is 0.573. The average molecular weight is 357 g/mol. The largest absolute Gasteiger partial charge is 0.314 e. The number of aromatic nitrogens is 2. The Hall–Kier alpha value is -0.680. The van der Waals surface area contributed by atoms with Gasteiger partial charge in [0.25, 0.3) is 0 Å². The zero-order valence-electron chi connectivity index (χ0n) is 9.13. The Morgan fingerprint density at radius 1 is 1.24 bits per heavy atom. The van der Waals surface area contributed by atoms with E-state index in [1.165, 1.54) is 6.42 Å². The zero-order valence-corrected chi connectivity index (χ0v) is 12.3. The van der Waals surface area contributed by atoms with Gasteiger partial charge < -0.3 is 4.57 Å². The lowest BCUT2D eigenvalue weighted by Gasteiger charge is -2.19. The molecule has 0 fully saturated rings. The maximum atomic E-state index is 8.31. The number of halogens is 2. The van der Waals surface area contributed by atoms with Gasteiger partial charge in [0.15, 0.2) is 0 Å². The van der Waals surface area contributed by atoms with Crippen LogP contribution in [-0.4, -0.2) is 9.55 Å². The smallest absolute Gasteiger partial charge is 0.136 e. The molecule has 0 aliphatic carbocycles. The SMILES string of the molecule is N=c1c2c(Br)cc(Br)cc2nc2n1CCCC2. The first-order valence-corrected chi connectivity index (χ1v) is 7.18. The second-order valence-corrected chi connectivity index (χ2v) is 6.04.